The van der Waals surface area contributed by atoms with E-state index in [2.05, 4.69) is 42.3 Å². The summed E-state index contributed by atoms with van der Waals surface area (Å²) >= 11 is 2.56. The first-order valence-electron chi connectivity index (χ1n) is 11.5. The fraction of sp³-hybridized carbons (Fsp3) is 0.333. The number of nitrogens with zero attached hydrogens (tertiary/aromatic N) is 6. The quantitative estimate of drug-likeness (QED) is 0.314. The van der Waals surface area contributed by atoms with E-state index in [0.29, 0.717) is 5.08 Å². The molecule has 0 spiro atoms. The smallest absolute Gasteiger partial charge is 0.292 e. The molecule has 0 saturated heterocycles. The second-order valence-corrected chi connectivity index (χ2v) is 9.67. The number of hydrogen-bond acceptors (Lipinski definition) is 12. The van der Waals surface area contributed by atoms with Crippen molar-refractivity contribution in [1.82, 2.24) is 51.7 Å². The van der Waals surface area contributed by atoms with Crippen LogP contribution in [-0.2, 0) is 22.7 Å². The Hall–Kier alpha value is -4.32. The van der Waals surface area contributed by atoms with Crippen molar-refractivity contribution in [2.24, 2.45) is 0 Å². The molecule has 0 radical (unpaired) electrons. The summed E-state index contributed by atoms with van der Waals surface area (Å²) in [5.41, 5.74) is 7.85. The monoisotopic (exact) mass is 576 g/mol. The zero-order valence-electron chi connectivity index (χ0n) is 20.8. The van der Waals surface area contributed by atoms with Gasteiger partial charge in [0.05, 0.1) is 13.1 Å². The maximum atomic E-state index is 13.0. The fourth-order valence-corrected chi connectivity index (χ4v) is 4.46. The predicted octanol–water partition coefficient (Wildman–Crippen LogP) is -0.258. The third-order valence-corrected chi connectivity index (χ3v) is 6.71. The third-order valence-electron chi connectivity index (χ3n) is 4.96. The number of aromatic nitrogens is 6. The van der Waals surface area contributed by atoms with Gasteiger partial charge in [-0.05, 0) is 10.8 Å². The van der Waals surface area contributed by atoms with Crippen LogP contribution in [0.15, 0.2) is 23.0 Å². The van der Waals surface area contributed by atoms with E-state index in [9.17, 15) is 28.8 Å². The number of thioether (sulfide) groups is 2. The van der Waals surface area contributed by atoms with E-state index in [4.69, 9.17) is 0 Å². The van der Waals surface area contributed by atoms with Crippen molar-refractivity contribution in [2.75, 3.05) is 5.08 Å². The molecule has 0 aromatic carbocycles. The average Bonchev–Trinajstić information content (AvgIpc) is 3.56. The Morgan fingerprint density at radius 1 is 0.795 bits per heavy atom. The van der Waals surface area contributed by atoms with Gasteiger partial charge < -0.3 is 0 Å². The van der Waals surface area contributed by atoms with Gasteiger partial charge in [0.25, 0.3) is 23.6 Å². The molecule has 0 unspecified atom stereocenters. The number of hydrazine groups is 2. The highest BCUT2D eigenvalue weighted by atomic mass is 32.2. The van der Waals surface area contributed by atoms with Crippen LogP contribution in [0.5, 0.6) is 0 Å². The highest BCUT2D eigenvalue weighted by molar-refractivity contribution is 8.18. The summed E-state index contributed by atoms with van der Waals surface area (Å²) in [5.74, 6) is -3.86. The number of hydrogen-bond donors (Lipinski definition) is 4. The molecule has 0 bridgehead atoms. The van der Waals surface area contributed by atoms with E-state index in [0.717, 1.165) is 4.68 Å². The van der Waals surface area contributed by atoms with Gasteiger partial charge in [-0.25, -0.2) is 9.36 Å². The minimum atomic E-state index is -0.953. The van der Waals surface area contributed by atoms with Gasteiger partial charge in [-0.2, -0.15) is 0 Å². The molecule has 1 aliphatic rings. The molecule has 16 nitrogen and oxygen atoms in total. The molecule has 1 aliphatic heterocycles. The topological polar surface area (TPSA) is 212 Å². The van der Waals surface area contributed by atoms with Gasteiger partial charge in [0.15, 0.2) is 28.6 Å². The Bertz CT molecular complexity index is 1350. The van der Waals surface area contributed by atoms with Gasteiger partial charge >= 0.3 is 0 Å². The molecule has 18 heteroatoms. The highest BCUT2D eigenvalue weighted by Gasteiger charge is 2.27. The van der Waals surface area contributed by atoms with Crippen molar-refractivity contribution in [3.63, 3.8) is 0 Å². The van der Waals surface area contributed by atoms with Gasteiger partial charge in [0.2, 0.25) is 0 Å². The van der Waals surface area contributed by atoms with Crippen molar-refractivity contribution in [1.29, 1.82) is 0 Å². The molecular formula is C21H24N10O6S2. The standard InChI is InChI=1S/C21H24N10O6S2/c1-3-12(32)16-18(13(33)4-2)30(28-24-16)7-8-31-19-17(25-29-31)20(36)26-22-14(34)5-9-38-11-39-10-6-15(35)23-27-21(19)37/h5-6,9-10H,3-4,7-8,11H2,1-2H3,(H,22,34)(H,23,35)(H,26,36)(H,27,37)/b9-5+,10-6+. The minimum Gasteiger partial charge on any atom is -0.292 e. The van der Waals surface area contributed by atoms with Crippen LogP contribution < -0.4 is 21.7 Å². The lowest BCUT2D eigenvalue weighted by atomic mass is 10.1. The molecule has 39 heavy (non-hydrogen) atoms. The van der Waals surface area contributed by atoms with Crippen LogP contribution in [-0.4, -0.2) is 70.3 Å². The third kappa shape index (κ3) is 7.60. The molecule has 2 aromatic rings. The maximum Gasteiger partial charge on any atom is 0.292 e. The summed E-state index contributed by atoms with van der Waals surface area (Å²) in [6.07, 6.45) is 2.61. The highest BCUT2D eigenvalue weighted by Crippen LogP contribution is 2.14. The van der Waals surface area contributed by atoms with Crippen LogP contribution in [0.25, 0.3) is 0 Å². The van der Waals surface area contributed by atoms with E-state index in [1.807, 2.05) is 0 Å². The number of aryl methyl sites for hydroxylation is 2. The van der Waals surface area contributed by atoms with Gasteiger partial charge in [-0.15, -0.1) is 33.7 Å². The molecule has 2 aromatic heterocycles. The number of rotatable bonds is 7. The van der Waals surface area contributed by atoms with Gasteiger partial charge in [0, 0.05) is 30.1 Å². The second kappa shape index (κ2) is 14.0. The van der Waals surface area contributed by atoms with Crippen LogP contribution in [0.3, 0.4) is 0 Å². The van der Waals surface area contributed by atoms with E-state index < -0.39 is 29.3 Å². The number of amides is 4. The first kappa shape index (κ1) is 29.2. The lowest BCUT2D eigenvalue weighted by Crippen LogP contribution is -2.44. The Morgan fingerprint density at radius 3 is 1.97 bits per heavy atom. The summed E-state index contributed by atoms with van der Waals surface area (Å²) in [7, 11) is 0. The Labute approximate surface area is 229 Å². The molecule has 4 amide bonds. The molecule has 0 aliphatic carbocycles. The Morgan fingerprint density at radius 2 is 1.36 bits per heavy atom. The molecule has 206 valence electrons. The van der Waals surface area contributed by atoms with Gasteiger partial charge in [0.1, 0.15) is 5.69 Å². The van der Waals surface area contributed by atoms with Gasteiger partial charge in [-0.1, -0.05) is 24.3 Å². The van der Waals surface area contributed by atoms with E-state index >= 15 is 0 Å². The molecule has 4 N–H and O–H groups in total. The number of Topliss-reactive ketones (excluding diaryl/α,β-unsaturated/α-hetero) is 2. The summed E-state index contributed by atoms with van der Waals surface area (Å²) in [6, 6.07) is 0. The Balaban J connectivity index is 1.91. The molecule has 0 saturated carbocycles. The zero-order chi connectivity index (χ0) is 28.4. The SMILES string of the molecule is CCC(=O)c1nnn(CCn2nnc3c2C(=O)NNC(=O)/C=C/SCS/C=C/C(=O)NNC3=O)c1C(=O)CC. The first-order valence-corrected chi connectivity index (χ1v) is 13.6. The van der Waals surface area contributed by atoms with E-state index in [1.54, 1.807) is 13.8 Å². The average molecular weight is 577 g/mol. The van der Waals surface area contributed by atoms with Crippen LogP contribution in [0.4, 0.5) is 0 Å². The van der Waals surface area contributed by atoms with Crippen molar-refractivity contribution >= 4 is 58.7 Å². The number of carbonyl (C=O) groups excluding carboxylic acids is 6. The van der Waals surface area contributed by atoms with Crippen molar-refractivity contribution in [3.05, 3.63) is 45.7 Å². The van der Waals surface area contributed by atoms with Crippen LogP contribution in [0, 0.1) is 0 Å². The number of carbonyl (C=O) groups is 6. The predicted molar refractivity (Wildman–Crippen MR) is 139 cm³/mol. The van der Waals surface area contributed by atoms with Crippen molar-refractivity contribution < 1.29 is 28.8 Å². The lowest BCUT2D eigenvalue weighted by molar-refractivity contribution is -0.118. The summed E-state index contributed by atoms with van der Waals surface area (Å²) < 4.78 is 2.27. The summed E-state index contributed by atoms with van der Waals surface area (Å²) in [6.45, 7) is 3.06. The molecule has 0 fully saturated rings. The van der Waals surface area contributed by atoms with Crippen LogP contribution >= 0.6 is 23.5 Å². The number of nitrogens with one attached hydrogen (secondary N) is 4. The normalized spacial score (nSPS) is 16.7. The molecule has 3 rings (SSSR count). The fourth-order valence-electron chi connectivity index (χ4n) is 3.08. The molecular weight excluding hydrogens is 552 g/mol. The van der Waals surface area contributed by atoms with Crippen molar-refractivity contribution in [2.45, 2.75) is 39.8 Å². The van der Waals surface area contributed by atoms with Crippen molar-refractivity contribution in [3.8, 4) is 0 Å². The van der Waals surface area contributed by atoms with Crippen LogP contribution in [0.2, 0.25) is 0 Å². The molecule has 0 atom stereocenters. The maximum absolute atomic E-state index is 13.0. The van der Waals surface area contributed by atoms with Crippen LogP contribution in [0.1, 0.15) is 68.6 Å². The molecule has 3 heterocycles. The van der Waals surface area contributed by atoms with E-state index in [1.165, 1.54) is 51.2 Å². The number of ketones is 2. The largest absolute Gasteiger partial charge is 0.292 e. The minimum absolute atomic E-state index is 0.0247. The van der Waals surface area contributed by atoms with Gasteiger partial charge in [-0.3, -0.25) is 50.5 Å². The first-order chi connectivity index (χ1) is 18.8. The number of fused-ring (bicyclic) bond motifs is 1. The zero-order valence-corrected chi connectivity index (χ0v) is 22.4. The Kier molecular flexibility index (Phi) is 10.5. The lowest BCUT2D eigenvalue weighted by Gasteiger charge is -2.10. The summed E-state index contributed by atoms with van der Waals surface area (Å²) in [4.78, 5) is 74.5. The van der Waals surface area contributed by atoms with E-state index in [-0.39, 0.29) is 54.6 Å². The second-order valence-electron chi connectivity index (χ2n) is 7.52. The summed E-state index contributed by atoms with van der Waals surface area (Å²) in [5, 5.41) is 18.9.